The van der Waals surface area contributed by atoms with Crippen molar-refractivity contribution >= 4 is 40.7 Å². The van der Waals surface area contributed by atoms with Crippen molar-refractivity contribution < 1.29 is 9.59 Å². The molecule has 0 aliphatic carbocycles. The molecule has 0 radical (unpaired) electrons. The number of halogens is 2. The van der Waals surface area contributed by atoms with Crippen molar-refractivity contribution in [2.75, 3.05) is 6.54 Å². The van der Waals surface area contributed by atoms with E-state index in [1.54, 1.807) is 48.5 Å². The lowest BCUT2D eigenvalue weighted by Crippen LogP contribution is -2.41. The van der Waals surface area contributed by atoms with Crippen LogP contribution in [0.4, 0.5) is 0 Å². The topological polar surface area (TPSA) is 82.6 Å². The maximum Gasteiger partial charge on any atom is 0.271 e. The molecule has 3 aromatic rings. The smallest absolute Gasteiger partial charge is 0.271 e. The van der Waals surface area contributed by atoms with Gasteiger partial charge in [0, 0.05) is 21.2 Å². The molecule has 0 bridgehead atoms. The van der Waals surface area contributed by atoms with E-state index in [9.17, 15) is 9.59 Å². The van der Waals surface area contributed by atoms with Crippen LogP contribution in [0, 0.1) is 0 Å². The molecular formula is C22H18Cl2N4O2. The van der Waals surface area contributed by atoms with Gasteiger partial charge >= 0.3 is 0 Å². The molecule has 2 amide bonds. The molecule has 30 heavy (non-hydrogen) atoms. The molecule has 0 unspecified atom stereocenters. The second kappa shape index (κ2) is 10.5. The number of rotatable bonds is 7. The Labute approximate surface area is 183 Å². The van der Waals surface area contributed by atoms with Crippen molar-refractivity contribution in [2.45, 2.75) is 0 Å². The first-order chi connectivity index (χ1) is 14.5. The summed E-state index contributed by atoms with van der Waals surface area (Å²) in [5.74, 6) is -0.686. The first-order valence-electron chi connectivity index (χ1n) is 8.99. The minimum atomic E-state index is -0.370. The fraction of sp³-hybridized carbons (Fsp3) is 0.0455. The van der Waals surface area contributed by atoms with Gasteiger partial charge < -0.3 is 0 Å². The van der Waals surface area contributed by atoms with Gasteiger partial charge in [0.2, 0.25) is 0 Å². The molecule has 0 aromatic heterocycles. The SMILES string of the molecule is O=C(N/N=C(\CNNC(=O)c1ccc(Cl)cc1)c1ccccc1)c1ccc(Cl)cc1. The molecule has 152 valence electrons. The average molecular weight is 441 g/mol. The molecule has 0 fully saturated rings. The molecule has 0 heterocycles. The molecule has 3 rings (SSSR count). The zero-order valence-corrected chi connectivity index (χ0v) is 17.2. The van der Waals surface area contributed by atoms with Gasteiger partial charge in [0.1, 0.15) is 0 Å². The van der Waals surface area contributed by atoms with E-state index in [0.29, 0.717) is 26.9 Å². The zero-order valence-electron chi connectivity index (χ0n) is 15.7. The van der Waals surface area contributed by atoms with Crippen LogP contribution in [0.2, 0.25) is 10.0 Å². The highest BCUT2D eigenvalue weighted by Crippen LogP contribution is 2.10. The molecule has 6 nitrogen and oxygen atoms in total. The molecule has 0 aliphatic heterocycles. The second-order valence-electron chi connectivity index (χ2n) is 6.19. The summed E-state index contributed by atoms with van der Waals surface area (Å²) in [6.07, 6.45) is 0. The Balaban J connectivity index is 1.66. The van der Waals surface area contributed by atoms with Gasteiger partial charge in [-0.15, -0.1) is 0 Å². The van der Waals surface area contributed by atoms with Crippen LogP contribution in [0.5, 0.6) is 0 Å². The summed E-state index contributed by atoms with van der Waals surface area (Å²) in [4.78, 5) is 24.5. The lowest BCUT2D eigenvalue weighted by atomic mass is 10.1. The van der Waals surface area contributed by atoms with Crippen LogP contribution in [0.1, 0.15) is 26.3 Å². The van der Waals surface area contributed by atoms with Crippen LogP contribution in [0.25, 0.3) is 0 Å². The first kappa shape index (κ1) is 21.5. The highest BCUT2D eigenvalue weighted by molar-refractivity contribution is 6.31. The van der Waals surface area contributed by atoms with E-state index in [0.717, 1.165) is 5.56 Å². The van der Waals surface area contributed by atoms with E-state index >= 15 is 0 Å². The van der Waals surface area contributed by atoms with Crippen molar-refractivity contribution in [3.05, 3.63) is 106 Å². The molecule has 8 heteroatoms. The Morgan fingerprint density at radius 1 is 0.700 bits per heavy atom. The third kappa shape index (κ3) is 6.15. The zero-order chi connectivity index (χ0) is 21.3. The van der Waals surface area contributed by atoms with Crippen LogP contribution in [-0.4, -0.2) is 24.1 Å². The van der Waals surface area contributed by atoms with E-state index in [4.69, 9.17) is 23.2 Å². The second-order valence-corrected chi connectivity index (χ2v) is 7.06. The predicted octanol–water partition coefficient (Wildman–Crippen LogP) is 4.06. The fourth-order valence-electron chi connectivity index (χ4n) is 2.50. The predicted molar refractivity (Wildman–Crippen MR) is 119 cm³/mol. The number of hydrogen-bond acceptors (Lipinski definition) is 4. The monoisotopic (exact) mass is 440 g/mol. The molecule has 0 saturated heterocycles. The summed E-state index contributed by atoms with van der Waals surface area (Å²) in [6.45, 7) is 0.185. The Morgan fingerprint density at radius 3 is 1.80 bits per heavy atom. The lowest BCUT2D eigenvalue weighted by Gasteiger charge is -2.11. The van der Waals surface area contributed by atoms with Crippen molar-refractivity contribution in [2.24, 2.45) is 5.10 Å². The van der Waals surface area contributed by atoms with Crippen molar-refractivity contribution in [3.8, 4) is 0 Å². The first-order valence-corrected chi connectivity index (χ1v) is 9.75. The van der Waals surface area contributed by atoms with E-state index in [-0.39, 0.29) is 18.4 Å². The molecule has 3 N–H and O–H groups in total. The number of amides is 2. The molecule has 0 aliphatic rings. The minimum Gasteiger partial charge on any atom is -0.287 e. The number of carbonyl (C=O) groups is 2. The largest absolute Gasteiger partial charge is 0.287 e. The van der Waals surface area contributed by atoms with Crippen molar-refractivity contribution in [1.29, 1.82) is 0 Å². The number of hydrazine groups is 1. The summed E-state index contributed by atoms with van der Waals surface area (Å²) in [7, 11) is 0. The lowest BCUT2D eigenvalue weighted by molar-refractivity contribution is 0.0931. The highest BCUT2D eigenvalue weighted by atomic mass is 35.5. The van der Waals surface area contributed by atoms with Gasteiger partial charge in [0.05, 0.1) is 12.3 Å². The van der Waals surface area contributed by atoms with E-state index in [1.807, 2.05) is 30.3 Å². The number of hydrogen-bond donors (Lipinski definition) is 3. The summed E-state index contributed by atoms with van der Waals surface area (Å²) in [5, 5.41) is 5.32. The summed E-state index contributed by atoms with van der Waals surface area (Å²) < 4.78 is 0. The average Bonchev–Trinajstić information content (AvgIpc) is 2.77. The normalized spacial score (nSPS) is 11.1. The summed E-state index contributed by atoms with van der Waals surface area (Å²) >= 11 is 11.7. The Bertz CT molecular complexity index is 1040. The van der Waals surface area contributed by atoms with E-state index in [2.05, 4.69) is 21.4 Å². The molecule has 3 aromatic carbocycles. The van der Waals surface area contributed by atoms with Crippen molar-refractivity contribution in [1.82, 2.24) is 16.3 Å². The molecule has 0 atom stereocenters. The molecular weight excluding hydrogens is 423 g/mol. The number of hydrazone groups is 1. The van der Waals surface area contributed by atoms with Gasteiger partial charge in [-0.25, -0.2) is 10.9 Å². The van der Waals surface area contributed by atoms with Crippen LogP contribution in [-0.2, 0) is 0 Å². The quantitative estimate of drug-likeness (QED) is 0.382. The van der Waals surface area contributed by atoms with Gasteiger partial charge in [-0.2, -0.15) is 5.10 Å². The van der Waals surface area contributed by atoms with Gasteiger partial charge in [-0.1, -0.05) is 53.5 Å². The number of carbonyl (C=O) groups excluding carboxylic acids is 2. The number of nitrogens with one attached hydrogen (secondary N) is 3. The molecule has 0 saturated carbocycles. The standard InChI is InChI=1S/C22H18Cl2N4O2/c23-18-10-6-16(7-11-18)21(29)27-25-14-20(15-4-2-1-3-5-15)26-28-22(30)17-8-12-19(24)13-9-17/h1-13,25H,14H2,(H,27,29)(H,28,30)/b26-20+. The van der Waals surface area contributed by atoms with Gasteiger partial charge in [0.25, 0.3) is 11.8 Å². The van der Waals surface area contributed by atoms with Crippen LogP contribution in [0.3, 0.4) is 0 Å². The number of benzene rings is 3. The van der Waals surface area contributed by atoms with Crippen LogP contribution < -0.4 is 16.3 Å². The molecule has 0 spiro atoms. The van der Waals surface area contributed by atoms with Crippen molar-refractivity contribution in [3.63, 3.8) is 0 Å². The fourth-order valence-corrected chi connectivity index (χ4v) is 2.75. The van der Waals surface area contributed by atoms with Crippen LogP contribution >= 0.6 is 23.2 Å². The Hall–Kier alpha value is -3.19. The maximum atomic E-state index is 12.3. The third-order valence-electron chi connectivity index (χ3n) is 4.07. The number of nitrogens with zero attached hydrogens (tertiary/aromatic N) is 1. The van der Waals surface area contributed by atoms with Crippen LogP contribution in [0.15, 0.2) is 84.0 Å². The maximum absolute atomic E-state index is 12.3. The van der Waals surface area contributed by atoms with Gasteiger partial charge in [-0.3, -0.25) is 15.0 Å². The van der Waals surface area contributed by atoms with Gasteiger partial charge in [0.15, 0.2) is 0 Å². The third-order valence-corrected chi connectivity index (χ3v) is 4.57. The summed E-state index contributed by atoms with van der Waals surface area (Å²) in [5.41, 5.74) is 10.2. The van der Waals surface area contributed by atoms with Gasteiger partial charge in [-0.05, 0) is 54.1 Å². The Kier molecular flexibility index (Phi) is 7.57. The van der Waals surface area contributed by atoms with E-state index < -0.39 is 0 Å². The summed E-state index contributed by atoms with van der Waals surface area (Å²) in [6, 6.07) is 22.3. The minimum absolute atomic E-state index is 0.185. The Morgan fingerprint density at radius 2 is 1.23 bits per heavy atom. The highest BCUT2D eigenvalue weighted by Gasteiger charge is 2.09. The van der Waals surface area contributed by atoms with E-state index in [1.165, 1.54) is 0 Å².